The molecule has 0 unspecified atom stereocenters. The van der Waals surface area contributed by atoms with Crippen LogP contribution in [0.5, 0.6) is 0 Å². The number of thioether (sulfide) groups is 1. The summed E-state index contributed by atoms with van der Waals surface area (Å²) in [5.41, 5.74) is 4.27. The van der Waals surface area contributed by atoms with Crippen molar-refractivity contribution in [2.75, 3.05) is 11.1 Å². The summed E-state index contributed by atoms with van der Waals surface area (Å²) in [6.45, 7) is 4.07. The summed E-state index contributed by atoms with van der Waals surface area (Å²) < 4.78 is 2.29. The van der Waals surface area contributed by atoms with Gasteiger partial charge in [0, 0.05) is 17.9 Å². The monoisotopic (exact) mass is 356 g/mol. The molecule has 0 aliphatic rings. The predicted octanol–water partition coefficient (Wildman–Crippen LogP) is 5.42. The van der Waals surface area contributed by atoms with Crippen molar-refractivity contribution in [1.29, 1.82) is 0 Å². The van der Waals surface area contributed by atoms with Gasteiger partial charge in [0.25, 0.3) is 0 Å². The van der Waals surface area contributed by atoms with Gasteiger partial charge in [0.2, 0.25) is 5.91 Å². The van der Waals surface area contributed by atoms with Crippen molar-refractivity contribution in [1.82, 2.24) is 4.98 Å². The number of aromatic nitrogens is 1. The molecule has 0 spiro atoms. The predicted molar refractivity (Wildman–Crippen MR) is 104 cm³/mol. The van der Waals surface area contributed by atoms with Crippen LogP contribution in [0.15, 0.2) is 46.8 Å². The van der Waals surface area contributed by atoms with Gasteiger partial charge in [-0.15, -0.1) is 11.3 Å². The highest BCUT2D eigenvalue weighted by Gasteiger charge is 2.07. The van der Waals surface area contributed by atoms with Crippen molar-refractivity contribution in [2.45, 2.75) is 31.0 Å². The zero-order valence-corrected chi connectivity index (χ0v) is 15.5. The molecular weight excluding hydrogens is 336 g/mol. The van der Waals surface area contributed by atoms with Gasteiger partial charge in [-0.3, -0.25) is 4.79 Å². The molecular formula is C19H20N2OS2. The Hall–Kier alpha value is -1.85. The number of carbonyl (C=O) groups is 1. The van der Waals surface area contributed by atoms with Crippen LogP contribution in [0.25, 0.3) is 10.2 Å². The first kappa shape index (κ1) is 17.0. The van der Waals surface area contributed by atoms with E-state index in [1.165, 1.54) is 10.3 Å². The van der Waals surface area contributed by atoms with E-state index in [1.54, 1.807) is 23.1 Å². The van der Waals surface area contributed by atoms with Gasteiger partial charge in [0.1, 0.15) is 0 Å². The zero-order chi connectivity index (χ0) is 16.9. The first-order valence-electron chi connectivity index (χ1n) is 7.97. The minimum Gasteiger partial charge on any atom is -0.326 e. The Morgan fingerprint density at radius 3 is 2.83 bits per heavy atom. The number of carbonyl (C=O) groups excluding carboxylic acids is 1. The third-order valence-corrected chi connectivity index (χ3v) is 5.97. The molecule has 0 bridgehead atoms. The number of nitrogens with one attached hydrogen (secondary N) is 1. The van der Waals surface area contributed by atoms with E-state index < -0.39 is 0 Å². The number of hydrogen-bond donors (Lipinski definition) is 1. The lowest BCUT2D eigenvalue weighted by molar-refractivity contribution is -0.116. The lowest BCUT2D eigenvalue weighted by Gasteiger charge is -2.08. The molecule has 5 heteroatoms. The van der Waals surface area contributed by atoms with Crippen LogP contribution in [-0.2, 0) is 4.79 Å². The molecule has 0 aliphatic heterocycles. The number of nitrogens with zero attached hydrogens (tertiary/aromatic N) is 1. The Labute approximate surface area is 150 Å². The van der Waals surface area contributed by atoms with Gasteiger partial charge in [0.05, 0.1) is 10.2 Å². The molecule has 2 aromatic carbocycles. The molecule has 1 aromatic heterocycles. The number of benzene rings is 2. The number of para-hydroxylation sites is 1. The summed E-state index contributed by atoms with van der Waals surface area (Å²) in [6.07, 6.45) is 1.38. The topological polar surface area (TPSA) is 42.0 Å². The Morgan fingerprint density at radius 1 is 1.21 bits per heavy atom. The summed E-state index contributed by atoms with van der Waals surface area (Å²) in [4.78, 5) is 16.7. The van der Waals surface area contributed by atoms with Crippen LogP contribution in [0.2, 0.25) is 0 Å². The Bertz CT molecular complexity index is 824. The maximum absolute atomic E-state index is 12.1. The highest BCUT2D eigenvalue weighted by atomic mass is 32.2. The normalized spacial score (nSPS) is 10.9. The van der Waals surface area contributed by atoms with Crippen molar-refractivity contribution < 1.29 is 4.79 Å². The van der Waals surface area contributed by atoms with E-state index >= 15 is 0 Å². The highest BCUT2D eigenvalue weighted by Crippen LogP contribution is 2.29. The van der Waals surface area contributed by atoms with E-state index in [4.69, 9.17) is 0 Å². The summed E-state index contributed by atoms with van der Waals surface area (Å²) in [5, 5.41) is 3.00. The fraction of sp³-hybridized carbons (Fsp3) is 0.263. The molecule has 0 saturated carbocycles. The van der Waals surface area contributed by atoms with Crippen molar-refractivity contribution >= 4 is 44.9 Å². The molecule has 0 aliphatic carbocycles. The van der Waals surface area contributed by atoms with E-state index in [-0.39, 0.29) is 5.91 Å². The molecule has 3 nitrogen and oxygen atoms in total. The van der Waals surface area contributed by atoms with Gasteiger partial charge in [-0.05, 0) is 44.0 Å². The molecule has 1 N–H and O–H groups in total. The van der Waals surface area contributed by atoms with Gasteiger partial charge in [-0.1, -0.05) is 41.6 Å². The summed E-state index contributed by atoms with van der Waals surface area (Å²) >= 11 is 3.44. The average Bonchev–Trinajstić information content (AvgIpc) is 2.97. The van der Waals surface area contributed by atoms with Crippen LogP contribution < -0.4 is 5.32 Å². The molecule has 0 atom stereocenters. The third kappa shape index (κ3) is 4.36. The Balaban J connectivity index is 1.45. The van der Waals surface area contributed by atoms with Gasteiger partial charge < -0.3 is 5.32 Å². The standard InChI is InChI=1S/C19H20N2OS2/c1-13-9-10-15(14(2)12-13)20-18(22)8-5-11-23-19-21-16-6-3-4-7-17(16)24-19/h3-4,6-7,9-10,12H,5,8,11H2,1-2H3,(H,20,22). The second kappa shape index (κ2) is 7.81. The molecule has 1 amide bonds. The first-order chi connectivity index (χ1) is 11.6. The van der Waals surface area contributed by atoms with Crippen LogP contribution in [0.3, 0.4) is 0 Å². The molecule has 24 heavy (non-hydrogen) atoms. The summed E-state index contributed by atoms with van der Waals surface area (Å²) in [5.74, 6) is 0.979. The van der Waals surface area contributed by atoms with E-state index in [0.29, 0.717) is 6.42 Å². The summed E-state index contributed by atoms with van der Waals surface area (Å²) in [7, 11) is 0. The molecule has 124 valence electrons. The highest BCUT2D eigenvalue weighted by molar-refractivity contribution is 8.01. The second-order valence-corrected chi connectivity index (χ2v) is 8.14. The van der Waals surface area contributed by atoms with Gasteiger partial charge in [-0.2, -0.15) is 0 Å². The number of thiazole rings is 1. The van der Waals surface area contributed by atoms with Crippen LogP contribution >= 0.6 is 23.1 Å². The molecule has 0 radical (unpaired) electrons. The lowest BCUT2D eigenvalue weighted by atomic mass is 10.1. The number of amides is 1. The van der Waals surface area contributed by atoms with Crippen molar-refractivity contribution in [2.24, 2.45) is 0 Å². The SMILES string of the molecule is Cc1ccc(NC(=O)CCCSc2nc3ccccc3s2)c(C)c1. The average molecular weight is 357 g/mol. The fourth-order valence-corrected chi connectivity index (χ4v) is 4.55. The molecule has 1 heterocycles. The van der Waals surface area contributed by atoms with E-state index in [2.05, 4.69) is 29.4 Å². The number of anilines is 1. The lowest BCUT2D eigenvalue weighted by Crippen LogP contribution is -2.12. The largest absolute Gasteiger partial charge is 0.326 e. The van der Waals surface area contributed by atoms with Gasteiger partial charge >= 0.3 is 0 Å². The zero-order valence-electron chi connectivity index (χ0n) is 13.8. The maximum Gasteiger partial charge on any atom is 0.224 e. The Morgan fingerprint density at radius 2 is 2.04 bits per heavy atom. The fourth-order valence-electron chi connectivity index (χ4n) is 2.47. The first-order valence-corrected chi connectivity index (χ1v) is 9.77. The summed E-state index contributed by atoms with van der Waals surface area (Å²) in [6, 6.07) is 14.2. The number of fused-ring (bicyclic) bond motifs is 1. The van der Waals surface area contributed by atoms with E-state index in [9.17, 15) is 4.79 Å². The minimum absolute atomic E-state index is 0.0758. The maximum atomic E-state index is 12.1. The van der Waals surface area contributed by atoms with Gasteiger partial charge in [0.15, 0.2) is 4.34 Å². The third-order valence-electron chi connectivity index (χ3n) is 3.70. The van der Waals surface area contributed by atoms with Gasteiger partial charge in [-0.25, -0.2) is 4.98 Å². The quantitative estimate of drug-likeness (QED) is 0.473. The number of hydrogen-bond acceptors (Lipinski definition) is 4. The Kier molecular flexibility index (Phi) is 5.53. The molecule has 0 fully saturated rings. The van der Waals surface area contributed by atoms with Crippen LogP contribution in [0.1, 0.15) is 24.0 Å². The molecule has 0 saturated heterocycles. The van der Waals surface area contributed by atoms with E-state index in [0.717, 1.165) is 33.3 Å². The smallest absolute Gasteiger partial charge is 0.224 e. The minimum atomic E-state index is 0.0758. The number of rotatable bonds is 6. The molecule has 3 rings (SSSR count). The van der Waals surface area contributed by atoms with Crippen LogP contribution in [0, 0.1) is 13.8 Å². The second-order valence-electron chi connectivity index (χ2n) is 5.77. The van der Waals surface area contributed by atoms with Crippen molar-refractivity contribution in [3.05, 3.63) is 53.6 Å². The van der Waals surface area contributed by atoms with Crippen molar-refractivity contribution in [3.8, 4) is 0 Å². The molecule has 3 aromatic rings. The van der Waals surface area contributed by atoms with Crippen LogP contribution in [-0.4, -0.2) is 16.6 Å². The van der Waals surface area contributed by atoms with Crippen molar-refractivity contribution in [3.63, 3.8) is 0 Å². The van der Waals surface area contributed by atoms with E-state index in [1.807, 2.05) is 37.3 Å². The number of aryl methyl sites for hydroxylation is 2. The van der Waals surface area contributed by atoms with Crippen LogP contribution in [0.4, 0.5) is 5.69 Å².